The van der Waals surface area contributed by atoms with Gasteiger partial charge in [-0.2, -0.15) is 0 Å². The molecular formula is C16H27NO3. The number of hydrogen-bond acceptors (Lipinski definition) is 4. The fourth-order valence-electron chi connectivity index (χ4n) is 3.39. The molecule has 1 saturated carbocycles. The van der Waals surface area contributed by atoms with Crippen LogP contribution in [-0.2, 0) is 9.53 Å². The molecule has 0 aromatic carbocycles. The number of esters is 1. The first-order valence-corrected chi connectivity index (χ1v) is 7.48. The number of aliphatic hydroxyl groups is 1. The first kappa shape index (κ1) is 15.5. The lowest BCUT2D eigenvalue weighted by Gasteiger charge is -2.30. The minimum atomic E-state index is -1.37. The van der Waals surface area contributed by atoms with Gasteiger partial charge in [0.25, 0.3) is 0 Å². The minimum absolute atomic E-state index is 0.121. The Labute approximate surface area is 121 Å². The van der Waals surface area contributed by atoms with E-state index in [2.05, 4.69) is 13.5 Å². The van der Waals surface area contributed by atoms with Gasteiger partial charge in [0.1, 0.15) is 6.10 Å². The maximum atomic E-state index is 12.2. The van der Waals surface area contributed by atoms with E-state index >= 15 is 0 Å². The summed E-state index contributed by atoms with van der Waals surface area (Å²) in [4.78, 5) is 14.1. The fraction of sp³-hybridized carbons (Fsp3) is 0.812. The zero-order chi connectivity index (χ0) is 15.1. The highest BCUT2D eigenvalue weighted by Crippen LogP contribution is 2.50. The summed E-state index contributed by atoms with van der Waals surface area (Å²) < 4.78 is 5.57. The Hall–Kier alpha value is -0.870. The van der Waals surface area contributed by atoms with Crippen LogP contribution in [0.25, 0.3) is 0 Å². The normalized spacial score (nSPS) is 40.0. The smallest absolute Gasteiger partial charge is 0.340 e. The van der Waals surface area contributed by atoms with Crippen LogP contribution in [0.15, 0.2) is 12.2 Å². The summed E-state index contributed by atoms with van der Waals surface area (Å²) in [7, 11) is 3.74. The molecule has 0 aromatic rings. The van der Waals surface area contributed by atoms with Gasteiger partial charge in [-0.1, -0.05) is 12.5 Å². The van der Waals surface area contributed by atoms with Gasteiger partial charge in [0, 0.05) is 12.5 Å². The van der Waals surface area contributed by atoms with E-state index in [0.717, 1.165) is 24.8 Å². The van der Waals surface area contributed by atoms with Crippen LogP contribution < -0.4 is 0 Å². The lowest BCUT2D eigenvalue weighted by Crippen LogP contribution is -2.50. The van der Waals surface area contributed by atoms with Crippen LogP contribution in [0.5, 0.6) is 0 Å². The van der Waals surface area contributed by atoms with Gasteiger partial charge in [0.05, 0.1) is 0 Å². The fourth-order valence-corrected chi connectivity index (χ4v) is 3.39. The molecule has 1 aliphatic carbocycles. The second-order valence-corrected chi connectivity index (χ2v) is 7.01. The molecule has 0 amide bonds. The van der Waals surface area contributed by atoms with Gasteiger partial charge in [-0.25, -0.2) is 4.79 Å². The highest BCUT2D eigenvalue weighted by atomic mass is 16.6. The van der Waals surface area contributed by atoms with Crippen molar-refractivity contribution in [3.63, 3.8) is 0 Å². The average molecular weight is 281 g/mol. The van der Waals surface area contributed by atoms with Gasteiger partial charge in [0.2, 0.25) is 0 Å². The molecule has 2 aliphatic rings. The summed E-state index contributed by atoms with van der Waals surface area (Å²) in [5.41, 5.74) is -0.287. The summed E-state index contributed by atoms with van der Waals surface area (Å²) >= 11 is 0. The van der Waals surface area contributed by atoms with Crippen molar-refractivity contribution >= 4 is 5.97 Å². The van der Waals surface area contributed by atoms with E-state index in [0.29, 0.717) is 18.4 Å². The molecule has 114 valence electrons. The van der Waals surface area contributed by atoms with Crippen molar-refractivity contribution in [3.05, 3.63) is 12.2 Å². The maximum absolute atomic E-state index is 12.2. The molecular weight excluding hydrogens is 254 g/mol. The third kappa shape index (κ3) is 2.91. The largest absolute Gasteiger partial charge is 0.459 e. The van der Waals surface area contributed by atoms with Gasteiger partial charge < -0.3 is 14.7 Å². The van der Waals surface area contributed by atoms with E-state index in [9.17, 15) is 9.90 Å². The molecule has 0 aromatic heterocycles. The zero-order valence-corrected chi connectivity index (χ0v) is 13.1. The highest BCUT2D eigenvalue weighted by molar-refractivity contribution is 5.82. The third-order valence-electron chi connectivity index (χ3n) is 4.64. The zero-order valence-electron chi connectivity index (χ0n) is 13.1. The summed E-state index contributed by atoms with van der Waals surface area (Å²) in [6.07, 6.45) is 2.56. The second kappa shape index (κ2) is 5.49. The molecule has 5 unspecified atom stereocenters. The molecule has 2 fully saturated rings. The molecule has 20 heavy (non-hydrogen) atoms. The number of allylic oxidation sites excluding steroid dienone is 1. The van der Waals surface area contributed by atoms with Crippen molar-refractivity contribution in [3.8, 4) is 0 Å². The maximum Gasteiger partial charge on any atom is 0.340 e. The average Bonchev–Trinajstić information content (AvgIpc) is 2.97. The number of nitrogens with zero attached hydrogens (tertiary/aromatic N) is 1. The second-order valence-electron chi connectivity index (χ2n) is 7.01. The van der Waals surface area contributed by atoms with E-state index in [1.54, 1.807) is 0 Å². The Morgan fingerprint density at radius 2 is 2.15 bits per heavy atom. The van der Waals surface area contributed by atoms with Gasteiger partial charge in [0.15, 0.2) is 5.60 Å². The summed E-state index contributed by atoms with van der Waals surface area (Å²) in [5, 5.41) is 10.9. The lowest BCUT2D eigenvalue weighted by atomic mass is 9.79. The molecule has 4 heteroatoms. The Morgan fingerprint density at radius 3 is 2.60 bits per heavy atom. The van der Waals surface area contributed by atoms with Crippen molar-refractivity contribution in [2.24, 2.45) is 17.8 Å². The molecule has 0 spiro atoms. The minimum Gasteiger partial charge on any atom is -0.459 e. The third-order valence-corrected chi connectivity index (χ3v) is 4.64. The molecule has 1 heterocycles. The topological polar surface area (TPSA) is 49.8 Å². The standard InChI is InChI=1S/C16H27NO3/c1-10(2)6-7-13-14(12-8-11(12)3)20-15(18)16(13,19)9-17(4)5/h11-14,19H,1,6-9H2,2-5H3. The SMILES string of the molecule is C=C(C)CCC1C(C2CC2C)OC(=O)C1(O)CN(C)C. The Morgan fingerprint density at radius 1 is 1.55 bits per heavy atom. The van der Waals surface area contributed by atoms with Crippen LogP contribution >= 0.6 is 0 Å². The molecule has 1 N–H and O–H groups in total. The van der Waals surface area contributed by atoms with Crippen molar-refractivity contribution < 1.29 is 14.6 Å². The predicted molar refractivity (Wildman–Crippen MR) is 78.2 cm³/mol. The summed E-state index contributed by atoms with van der Waals surface area (Å²) in [6.45, 7) is 8.41. The number of rotatable bonds is 6. The monoisotopic (exact) mass is 281 g/mol. The number of hydrogen-bond donors (Lipinski definition) is 1. The summed E-state index contributed by atoms with van der Waals surface area (Å²) in [6, 6.07) is 0. The van der Waals surface area contributed by atoms with E-state index in [4.69, 9.17) is 4.74 Å². The lowest BCUT2D eigenvalue weighted by molar-refractivity contribution is -0.157. The summed E-state index contributed by atoms with van der Waals surface area (Å²) in [5.74, 6) is 0.457. The van der Waals surface area contributed by atoms with Crippen LogP contribution in [0.2, 0.25) is 0 Å². The molecule has 0 radical (unpaired) electrons. The van der Waals surface area contributed by atoms with E-state index in [1.807, 2.05) is 25.9 Å². The van der Waals surface area contributed by atoms with Gasteiger partial charge in [-0.3, -0.25) is 0 Å². The first-order valence-electron chi connectivity index (χ1n) is 7.48. The molecule has 1 aliphatic heterocycles. The molecule has 4 nitrogen and oxygen atoms in total. The molecule has 1 saturated heterocycles. The molecule has 2 rings (SSSR count). The highest BCUT2D eigenvalue weighted by Gasteiger charge is 2.61. The van der Waals surface area contributed by atoms with Crippen molar-refractivity contribution in [2.75, 3.05) is 20.6 Å². The number of ether oxygens (including phenoxy) is 1. The number of carbonyl (C=O) groups is 1. The molecule has 5 atom stereocenters. The van der Waals surface area contributed by atoms with Crippen molar-refractivity contribution in [2.45, 2.75) is 44.8 Å². The van der Waals surface area contributed by atoms with Crippen molar-refractivity contribution in [1.82, 2.24) is 4.90 Å². The van der Waals surface area contributed by atoms with E-state index in [1.165, 1.54) is 0 Å². The van der Waals surface area contributed by atoms with Crippen LogP contribution in [0, 0.1) is 17.8 Å². The van der Waals surface area contributed by atoms with E-state index < -0.39 is 11.6 Å². The Balaban J connectivity index is 2.18. The van der Waals surface area contributed by atoms with Gasteiger partial charge >= 0.3 is 5.97 Å². The van der Waals surface area contributed by atoms with Crippen LogP contribution in [0.4, 0.5) is 0 Å². The van der Waals surface area contributed by atoms with Crippen LogP contribution in [0.3, 0.4) is 0 Å². The van der Waals surface area contributed by atoms with Crippen LogP contribution in [-0.4, -0.2) is 48.3 Å². The number of cyclic esters (lactones) is 1. The first-order chi connectivity index (χ1) is 9.25. The molecule has 0 bridgehead atoms. The van der Waals surface area contributed by atoms with Crippen LogP contribution in [0.1, 0.15) is 33.1 Å². The quantitative estimate of drug-likeness (QED) is 0.596. The number of carbonyl (C=O) groups excluding carboxylic acids is 1. The predicted octanol–water partition coefficient (Wildman–Crippen LogP) is 1.83. The number of likely N-dealkylation sites (N-methyl/N-ethyl adjacent to an activating group) is 1. The Bertz CT molecular complexity index is 407. The van der Waals surface area contributed by atoms with Crippen molar-refractivity contribution in [1.29, 1.82) is 0 Å². The van der Waals surface area contributed by atoms with E-state index in [-0.39, 0.29) is 12.0 Å². The Kier molecular flexibility index (Phi) is 4.26. The van der Waals surface area contributed by atoms with Gasteiger partial charge in [-0.05, 0) is 52.1 Å². The van der Waals surface area contributed by atoms with Gasteiger partial charge in [-0.15, -0.1) is 6.58 Å².